The molecule has 1 saturated carbocycles. The highest BCUT2D eigenvalue weighted by atomic mass is 79.9. The van der Waals surface area contributed by atoms with Crippen molar-refractivity contribution in [2.45, 2.75) is 86.7 Å². The molecule has 2 aliphatic rings. The molecule has 13 heteroatoms. The number of aromatic hydroxyl groups is 1. The zero-order valence-electron chi connectivity index (χ0n) is 31.6. The van der Waals surface area contributed by atoms with E-state index in [1.54, 1.807) is 41.5 Å². The predicted molar refractivity (Wildman–Crippen MR) is 200 cm³/mol. The number of esters is 3. The molecule has 2 aliphatic carbocycles. The van der Waals surface area contributed by atoms with Crippen LogP contribution in [-0.2, 0) is 14.3 Å². The van der Waals surface area contributed by atoms with Crippen molar-refractivity contribution in [2.75, 3.05) is 7.11 Å². The zero-order valence-corrected chi connectivity index (χ0v) is 33.2. The van der Waals surface area contributed by atoms with Gasteiger partial charge in [-0.2, -0.15) is 0 Å². The largest absolute Gasteiger partial charge is 0.506 e. The summed E-state index contributed by atoms with van der Waals surface area (Å²) in [6.45, 7) is 14.6. The SMILES string of the molecule is COC1=CC(=O)C=C(C)[C@]1(O)C(=O)Oc1c(C)c(C)c(C(=O)Oc2cc(C)c(C(=O)Oc3c(C)c(C)c(C(=O)O)c(C)c3C3CC3)c(C)c2C)c(O)c1Br. The van der Waals surface area contributed by atoms with Crippen molar-refractivity contribution in [3.63, 3.8) is 0 Å². The number of hydrogen-bond donors (Lipinski definition) is 3. The van der Waals surface area contributed by atoms with Crippen LogP contribution < -0.4 is 14.2 Å². The molecule has 3 N–H and O–H groups in total. The fourth-order valence-electron chi connectivity index (χ4n) is 6.93. The maximum Gasteiger partial charge on any atom is 0.356 e. The molecule has 5 rings (SSSR count). The molecule has 1 fully saturated rings. The third-order valence-electron chi connectivity index (χ3n) is 10.5. The van der Waals surface area contributed by atoms with Gasteiger partial charge in [0.25, 0.3) is 0 Å². The summed E-state index contributed by atoms with van der Waals surface area (Å²) in [5.41, 5.74) is 2.03. The second-order valence-corrected chi connectivity index (χ2v) is 14.6. The maximum absolute atomic E-state index is 13.8. The third-order valence-corrected chi connectivity index (χ3v) is 11.3. The number of ketones is 1. The number of methoxy groups -OCH3 is 1. The Balaban J connectivity index is 1.45. The summed E-state index contributed by atoms with van der Waals surface area (Å²) in [5, 5.41) is 32.4. The van der Waals surface area contributed by atoms with Crippen molar-refractivity contribution in [2.24, 2.45) is 0 Å². The summed E-state index contributed by atoms with van der Waals surface area (Å²) in [6.07, 6.45) is 3.76. The van der Waals surface area contributed by atoms with Crippen LogP contribution in [0.2, 0.25) is 0 Å². The van der Waals surface area contributed by atoms with Crippen LogP contribution in [0.1, 0.15) is 107 Å². The molecule has 0 aromatic heterocycles. The average molecular weight is 806 g/mol. The van der Waals surface area contributed by atoms with Gasteiger partial charge in [0, 0.05) is 11.6 Å². The molecule has 1 atom stereocenters. The number of aliphatic hydroxyl groups is 1. The molecule has 0 saturated heterocycles. The molecule has 284 valence electrons. The van der Waals surface area contributed by atoms with E-state index in [0.717, 1.165) is 30.6 Å². The van der Waals surface area contributed by atoms with Gasteiger partial charge in [0.05, 0.1) is 18.2 Å². The highest BCUT2D eigenvalue weighted by Crippen LogP contribution is 2.49. The molecule has 0 aliphatic heterocycles. The number of carbonyl (C=O) groups is 5. The molecule has 54 heavy (non-hydrogen) atoms. The minimum Gasteiger partial charge on any atom is -0.506 e. The number of ether oxygens (including phenoxy) is 4. The normalized spacial score (nSPS) is 16.7. The summed E-state index contributed by atoms with van der Waals surface area (Å²) >= 11 is 3.22. The first-order valence-corrected chi connectivity index (χ1v) is 17.8. The molecular weight excluding hydrogens is 764 g/mol. The molecule has 0 spiro atoms. The van der Waals surface area contributed by atoms with Gasteiger partial charge in [-0.3, -0.25) is 4.79 Å². The molecule has 0 heterocycles. The number of rotatable bonds is 9. The standard InChI is InChI=1S/C41H41BrO12/c1-16-13-27(18(3)19(4)29(16)38(47)53-35-22(7)20(5)30(37(45)46)24(9)31(35)25-11-12-25)52-39(48)32-21(6)23(8)36(33(42)34(32)44)54-40(49)41(50)17(2)14-26(43)15-28(41)51-10/h13-15,25,44,50H,11-12H2,1-10H3,(H,45,46)/t41-/m1/s1. The number of hydrogen-bond acceptors (Lipinski definition) is 11. The van der Waals surface area contributed by atoms with Crippen LogP contribution in [0.3, 0.4) is 0 Å². The van der Waals surface area contributed by atoms with Crippen LogP contribution in [0, 0.1) is 55.4 Å². The van der Waals surface area contributed by atoms with Gasteiger partial charge in [-0.25, -0.2) is 19.2 Å². The van der Waals surface area contributed by atoms with Crippen LogP contribution in [0.15, 0.2) is 34.0 Å². The molecule has 0 amide bonds. The van der Waals surface area contributed by atoms with Gasteiger partial charge < -0.3 is 34.3 Å². The van der Waals surface area contributed by atoms with E-state index in [-0.39, 0.29) is 61.0 Å². The summed E-state index contributed by atoms with van der Waals surface area (Å²) in [6, 6.07) is 1.52. The van der Waals surface area contributed by atoms with Crippen LogP contribution in [-0.4, -0.2) is 57.7 Å². The van der Waals surface area contributed by atoms with Gasteiger partial charge in [-0.1, -0.05) is 0 Å². The Morgan fingerprint density at radius 3 is 1.87 bits per heavy atom. The van der Waals surface area contributed by atoms with E-state index in [4.69, 9.17) is 18.9 Å². The van der Waals surface area contributed by atoms with E-state index in [1.807, 2.05) is 0 Å². The lowest BCUT2D eigenvalue weighted by Crippen LogP contribution is -2.47. The second-order valence-electron chi connectivity index (χ2n) is 13.8. The molecule has 3 aromatic carbocycles. The fraction of sp³-hybridized carbons (Fsp3) is 0.341. The predicted octanol–water partition coefficient (Wildman–Crippen LogP) is 7.33. The third kappa shape index (κ3) is 6.59. The van der Waals surface area contributed by atoms with Crippen molar-refractivity contribution in [1.82, 2.24) is 0 Å². The first kappa shape index (κ1) is 39.9. The van der Waals surface area contributed by atoms with E-state index < -0.39 is 41.0 Å². The van der Waals surface area contributed by atoms with Crippen molar-refractivity contribution < 1.29 is 58.2 Å². The summed E-state index contributed by atoms with van der Waals surface area (Å²) in [5.74, 6) is -4.86. The van der Waals surface area contributed by atoms with E-state index in [2.05, 4.69) is 15.9 Å². The van der Waals surface area contributed by atoms with Gasteiger partial charge in [-0.15, -0.1) is 0 Å². The first-order chi connectivity index (χ1) is 25.2. The van der Waals surface area contributed by atoms with Crippen LogP contribution >= 0.6 is 15.9 Å². The number of carbonyl (C=O) groups excluding carboxylic acids is 4. The number of allylic oxidation sites excluding steroid dienone is 2. The number of phenolic OH excluding ortho intramolecular Hbond substituents is 1. The van der Waals surface area contributed by atoms with E-state index >= 15 is 0 Å². The monoisotopic (exact) mass is 804 g/mol. The number of aryl methyl sites for hydroxylation is 1. The summed E-state index contributed by atoms with van der Waals surface area (Å²) in [4.78, 5) is 65.0. The van der Waals surface area contributed by atoms with Crippen LogP contribution in [0.25, 0.3) is 0 Å². The van der Waals surface area contributed by atoms with Gasteiger partial charge in [0.2, 0.25) is 5.60 Å². The lowest BCUT2D eigenvalue weighted by Gasteiger charge is -2.30. The van der Waals surface area contributed by atoms with Crippen molar-refractivity contribution >= 4 is 45.6 Å². The molecule has 3 aromatic rings. The van der Waals surface area contributed by atoms with E-state index in [9.17, 15) is 39.3 Å². The quantitative estimate of drug-likeness (QED) is 0.145. The minimum atomic E-state index is -2.43. The Morgan fingerprint density at radius 2 is 1.30 bits per heavy atom. The van der Waals surface area contributed by atoms with E-state index in [1.165, 1.54) is 33.9 Å². The first-order valence-electron chi connectivity index (χ1n) is 17.1. The molecule has 12 nitrogen and oxygen atoms in total. The number of aromatic carboxylic acids is 1. The average Bonchev–Trinajstić information content (AvgIpc) is 3.93. The van der Waals surface area contributed by atoms with Gasteiger partial charge >= 0.3 is 23.9 Å². The highest BCUT2D eigenvalue weighted by molar-refractivity contribution is 9.10. The van der Waals surface area contributed by atoms with Gasteiger partial charge in [0.1, 0.15) is 33.0 Å². The van der Waals surface area contributed by atoms with Crippen molar-refractivity contribution in [3.05, 3.63) is 101 Å². The Bertz CT molecular complexity index is 2250. The van der Waals surface area contributed by atoms with E-state index in [0.29, 0.717) is 39.1 Å². The number of carboxylic acids is 1. The lowest BCUT2D eigenvalue weighted by atomic mass is 9.87. The number of benzene rings is 3. The zero-order chi connectivity index (χ0) is 40.3. The maximum atomic E-state index is 13.8. The topological polar surface area (TPSA) is 183 Å². The van der Waals surface area contributed by atoms with Crippen LogP contribution in [0.4, 0.5) is 0 Å². The van der Waals surface area contributed by atoms with Gasteiger partial charge in [0.15, 0.2) is 11.5 Å². The molecule has 0 bridgehead atoms. The van der Waals surface area contributed by atoms with Gasteiger partial charge in [-0.05, 0) is 159 Å². The minimum absolute atomic E-state index is 0.0373. The molecular formula is C41H41BrO12. The van der Waals surface area contributed by atoms with Crippen LogP contribution in [0.5, 0.6) is 23.0 Å². The number of carboxylic acid groups (broad SMARTS) is 1. The lowest BCUT2D eigenvalue weighted by molar-refractivity contribution is -0.151. The Kier molecular flexibility index (Phi) is 10.7. The fourth-order valence-corrected chi connectivity index (χ4v) is 7.51. The molecule has 0 unspecified atom stereocenters. The number of halogens is 1. The Hall–Kier alpha value is -5.27. The molecule has 0 radical (unpaired) electrons. The summed E-state index contributed by atoms with van der Waals surface area (Å²) in [7, 11) is 1.19. The Morgan fingerprint density at radius 1 is 0.741 bits per heavy atom. The summed E-state index contributed by atoms with van der Waals surface area (Å²) < 4.78 is 22.4. The second kappa shape index (κ2) is 14.5. The van der Waals surface area contributed by atoms with Crippen molar-refractivity contribution in [1.29, 1.82) is 0 Å². The van der Waals surface area contributed by atoms with Crippen molar-refractivity contribution in [3.8, 4) is 23.0 Å². The smallest absolute Gasteiger partial charge is 0.356 e. The Labute approximate surface area is 320 Å². The number of phenols is 1. The highest BCUT2D eigenvalue weighted by Gasteiger charge is 2.48.